The maximum absolute atomic E-state index is 12.4. The number of halogens is 1. The predicted molar refractivity (Wildman–Crippen MR) is 95.8 cm³/mol. The number of ether oxygens (including phenoxy) is 3. The van der Waals surface area contributed by atoms with Crippen molar-refractivity contribution < 1.29 is 23.8 Å². The second-order valence-corrected chi connectivity index (χ2v) is 6.24. The fourth-order valence-corrected chi connectivity index (χ4v) is 3.00. The minimum Gasteiger partial charge on any atom is -0.496 e. The summed E-state index contributed by atoms with van der Waals surface area (Å²) < 4.78 is 15.6. The van der Waals surface area contributed by atoms with Gasteiger partial charge in [0.2, 0.25) is 0 Å². The van der Waals surface area contributed by atoms with Crippen LogP contribution in [-0.2, 0) is 22.5 Å². The minimum absolute atomic E-state index is 0.229. The molecule has 0 fully saturated rings. The number of hydrogen-bond acceptors (Lipinski definition) is 5. The molecule has 1 aliphatic heterocycles. The largest absolute Gasteiger partial charge is 0.496 e. The van der Waals surface area contributed by atoms with Gasteiger partial charge in [-0.15, -0.1) is 0 Å². The first-order valence-corrected chi connectivity index (χ1v) is 8.37. The highest BCUT2D eigenvalue weighted by Gasteiger charge is 2.29. The van der Waals surface area contributed by atoms with Crippen LogP contribution >= 0.6 is 11.6 Å². The van der Waals surface area contributed by atoms with Gasteiger partial charge in [0.1, 0.15) is 17.1 Å². The molecule has 0 spiro atoms. The van der Waals surface area contributed by atoms with Crippen LogP contribution in [0.5, 0.6) is 11.5 Å². The molecule has 1 amide bonds. The molecule has 1 N–H and O–H groups in total. The zero-order valence-corrected chi connectivity index (χ0v) is 15.1. The first kappa shape index (κ1) is 18.1. The third kappa shape index (κ3) is 3.75. The molecule has 7 heteroatoms. The molecule has 0 saturated heterocycles. The number of benzene rings is 2. The van der Waals surface area contributed by atoms with E-state index >= 15 is 0 Å². The molecule has 2 aromatic rings. The third-order valence-electron chi connectivity index (χ3n) is 4.13. The van der Waals surface area contributed by atoms with Crippen LogP contribution in [0.2, 0.25) is 5.02 Å². The second kappa shape index (κ2) is 7.66. The van der Waals surface area contributed by atoms with Crippen LogP contribution in [0.25, 0.3) is 0 Å². The molecule has 0 saturated carbocycles. The van der Waals surface area contributed by atoms with Gasteiger partial charge in [0, 0.05) is 18.0 Å². The van der Waals surface area contributed by atoms with Crippen LogP contribution in [-0.4, -0.2) is 32.2 Å². The Balaban J connectivity index is 1.64. The van der Waals surface area contributed by atoms with E-state index in [1.165, 1.54) is 14.2 Å². The highest BCUT2D eigenvalue weighted by atomic mass is 35.5. The number of methoxy groups -OCH3 is 2. The quantitative estimate of drug-likeness (QED) is 0.813. The number of carbonyl (C=O) groups excluding carboxylic acids is 2. The Labute approximate surface area is 156 Å². The lowest BCUT2D eigenvalue weighted by Gasteiger charge is -2.13. The molecule has 1 atom stereocenters. The van der Waals surface area contributed by atoms with E-state index in [2.05, 4.69) is 5.32 Å². The summed E-state index contributed by atoms with van der Waals surface area (Å²) in [4.78, 5) is 24.2. The van der Waals surface area contributed by atoms with E-state index in [4.69, 9.17) is 25.8 Å². The Hall–Kier alpha value is -2.73. The molecule has 0 unspecified atom stereocenters. The maximum atomic E-state index is 12.4. The van der Waals surface area contributed by atoms with Gasteiger partial charge >= 0.3 is 5.97 Å². The molecule has 2 aromatic carbocycles. The maximum Gasteiger partial charge on any atom is 0.341 e. The van der Waals surface area contributed by atoms with Crippen LogP contribution in [0.15, 0.2) is 36.4 Å². The molecule has 3 rings (SSSR count). The average Bonchev–Trinajstić information content (AvgIpc) is 3.08. The number of esters is 1. The van der Waals surface area contributed by atoms with E-state index in [-0.39, 0.29) is 12.5 Å². The number of carbonyl (C=O) groups is 2. The summed E-state index contributed by atoms with van der Waals surface area (Å²) >= 11 is 5.96. The van der Waals surface area contributed by atoms with Gasteiger partial charge in [0.25, 0.3) is 5.91 Å². The fourth-order valence-electron chi connectivity index (χ4n) is 2.80. The molecular weight excluding hydrogens is 358 g/mol. The summed E-state index contributed by atoms with van der Waals surface area (Å²) in [6.07, 6.45) is -0.126. The van der Waals surface area contributed by atoms with E-state index in [1.807, 2.05) is 0 Å². The Morgan fingerprint density at radius 3 is 2.77 bits per heavy atom. The van der Waals surface area contributed by atoms with E-state index in [9.17, 15) is 9.59 Å². The van der Waals surface area contributed by atoms with E-state index in [1.54, 1.807) is 36.4 Å². The van der Waals surface area contributed by atoms with Crippen molar-refractivity contribution in [2.24, 2.45) is 0 Å². The number of amides is 1. The summed E-state index contributed by atoms with van der Waals surface area (Å²) in [5, 5.41) is 3.44. The van der Waals surface area contributed by atoms with Gasteiger partial charge in [-0.2, -0.15) is 0 Å². The van der Waals surface area contributed by atoms with E-state index < -0.39 is 12.1 Å². The summed E-state index contributed by atoms with van der Waals surface area (Å²) in [6.45, 7) is 0.254. The lowest BCUT2D eigenvalue weighted by atomic mass is 10.1. The van der Waals surface area contributed by atoms with Crippen molar-refractivity contribution in [3.05, 3.63) is 58.1 Å². The summed E-state index contributed by atoms with van der Waals surface area (Å²) in [5.74, 6) is 0.361. The Morgan fingerprint density at radius 2 is 2.04 bits per heavy atom. The van der Waals surface area contributed by atoms with Gasteiger partial charge in [-0.3, -0.25) is 4.79 Å². The molecule has 1 heterocycles. The fraction of sp³-hybridized carbons (Fsp3) is 0.263. The first-order valence-electron chi connectivity index (χ1n) is 8.00. The summed E-state index contributed by atoms with van der Waals surface area (Å²) in [7, 11) is 2.78. The summed E-state index contributed by atoms with van der Waals surface area (Å²) in [5.41, 5.74) is 1.97. The first-order chi connectivity index (χ1) is 12.5. The van der Waals surface area contributed by atoms with Gasteiger partial charge in [-0.25, -0.2) is 4.79 Å². The standard InChI is InChI=1S/C19H18ClNO5/c1-24-16-5-3-11(7-14(16)19(23)25-2)10-21-18(22)17-9-12-8-13(20)4-6-15(12)26-17/h3-8,17H,9-10H2,1-2H3,(H,21,22)/t17-/m1/s1. The molecule has 136 valence electrons. The SMILES string of the molecule is COC(=O)c1cc(CNC(=O)[C@H]2Cc3cc(Cl)ccc3O2)ccc1OC. The molecule has 0 radical (unpaired) electrons. The number of fused-ring (bicyclic) bond motifs is 1. The molecule has 1 aliphatic rings. The normalized spacial score (nSPS) is 15.0. The van der Waals surface area contributed by atoms with Crippen molar-refractivity contribution >= 4 is 23.5 Å². The zero-order valence-electron chi connectivity index (χ0n) is 14.4. The minimum atomic E-state index is -0.596. The Morgan fingerprint density at radius 1 is 1.23 bits per heavy atom. The average molecular weight is 376 g/mol. The van der Waals surface area contributed by atoms with E-state index in [0.29, 0.717) is 28.5 Å². The number of rotatable bonds is 5. The molecule has 26 heavy (non-hydrogen) atoms. The van der Waals surface area contributed by atoms with Crippen molar-refractivity contribution in [1.82, 2.24) is 5.32 Å². The smallest absolute Gasteiger partial charge is 0.341 e. The van der Waals surface area contributed by atoms with Crippen LogP contribution in [0, 0.1) is 0 Å². The van der Waals surface area contributed by atoms with E-state index in [0.717, 1.165) is 11.1 Å². The van der Waals surface area contributed by atoms with Gasteiger partial charge in [-0.1, -0.05) is 17.7 Å². The molecule has 0 aliphatic carbocycles. The van der Waals surface area contributed by atoms with Gasteiger partial charge < -0.3 is 19.5 Å². The van der Waals surface area contributed by atoms with Crippen molar-refractivity contribution in [3.8, 4) is 11.5 Å². The highest BCUT2D eigenvalue weighted by Crippen LogP contribution is 2.31. The molecule has 0 bridgehead atoms. The molecule has 0 aromatic heterocycles. The van der Waals surface area contributed by atoms with Crippen molar-refractivity contribution in [3.63, 3.8) is 0 Å². The van der Waals surface area contributed by atoms with Gasteiger partial charge in [0.05, 0.1) is 14.2 Å². The monoisotopic (exact) mass is 375 g/mol. The Bertz CT molecular complexity index is 852. The van der Waals surface area contributed by atoms with Crippen molar-refractivity contribution in [1.29, 1.82) is 0 Å². The predicted octanol–water partition coefficient (Wildman–Crippen LogP) is 2.76. The van der Waals surface area contributed by atoms with Crippen LogP contribution in [0.1, 0.15) is 21.5 Å². The lowest BCUT2D eigenvalue weighted by molar-refractivity contribution is -0.127. The van der Waals surface area contributed by atoms with Crippen molar-refractivity contribution in [2.75, 3.05) is 14.2 Å². The number of nitrogens with one attached hydrogen (secondary N) is 1. The van der Waals surface area contributed by atoms with Crippen molar-refractivity contribution in [2.45, 2.75) is 19.1 Å². The van der Waals surface area contributed by atoms with Crippen LogP contribution in [0.3, 0.4) is 0 Å². The van der Waals surface area contributed by atoms with Gasteiger partial charge in [-0.05, 0) is 41.5 Å². The van der Waals surface area contributed by atoms with Crippen LogP contribution < -0.4 is 14.8 Å². The lowest BCUT2D eigenvalue weighted by Crippen LogP contribution is -2.37. The summed E-state index contributed by atoms with van der Waals surface area (Å²) in [6, 6.07) is 10.4. The van der Waals surface area contributed by atoms with Crippen LogP contribution in [0.4, 0.5) is 0 Å². The molecule has 6 nitrogen and oxygen atoms in total. The Kier molecular flexibility index (Phi) is 5.32. The topological polar surface area (TPSA) is 73.9 Å². The third-order valence-corrected chi connectivity index (χ3v) is 4.36. The number of hydrogen-bond donors (Lipinski definition) is 1. The second-order valence-electron chi connectivity index (χ2n) is 5.81. The van der Waals surface area contributed by atoms with Gasteiger partial charge in [0.15, 0.2) is 6.10 Å². The highest BCUT2D eigenvalue weighted by molar-refractivity contribution is 6.30. The zero-order chi connectivity index (χ0) is 18.7. The molecular formula is C19H18ClNO5.